The first-order chi connectivity index (χ1) is 14.7. The number of nitrogens with zero attached hydrogens (tertiary/aromatic N) is 4. The van der Waals surface area contributed by atoms with Crippen LogP contribution in [0.15, 0.2) is 67.1 Å². The number of amides is 1. The van der Waals surface area contributed by atoms with E-state index in [2.05, 4.69) is 9.88 Å². The van der Waals surface area contributed by atoms with E-state index in [9.17, 15) is 4.79 Å². The highest BCUT2D eigenvalue weighted by Gasteiger charge is 2.14. The number of aromatic nitrogens is 2. The summed E-state index contributed by atoms with van der Waals surface area (Å²) >= 11 is 0. The minimum Gasteiger partial charge on any atom is -0.492 e. The van der Waals surface area contributed by atoms with Gasteiger partial charge in [0, 0.05) is 31.0 Å². The first kappa shape index (κ1) is 20.2. The number of imidazole rings is 1. The second kappa shape index (κ2) is 9.59. The van der Waals surface area contributed by atoms with Gasteiger partial charge < -0.3 is 4.74 Å². The number of hydrogen-bond acceptors (Lipinski definition) is 4. The van der Waals surface area contributed by atoms with Crippen LogP contribution in [0, 0.1) is 0 Å². The van der Waals surface area contributed by atoms with Crippen molar-refractivity contribution >= 4 is 11.7 Å². The van der Waals surface area contributed by atoms with Crippen LogP contribution in [0.25, 0.3) is 11.3 Å². The van der Waals surface area contributed by atoms with Crippen LogP contribution in [0.1, 0.15) is 19.3 Å². The molecule has 6 nitrogen and oxygen atoms in total. The molecule has 30 heavy (non-hydrogen) atoms. The van der Waals surface area contributed by atoms with E-state index in [-0.39, 0.29) is 6.03 Å². The number of ether oxygens (including phenoxy) is 1. The molecule has 1 aliphatic heterocycles. The molecule has 0 N–H and O–H groups in total. The first-order valence-corrected chi connectivity index (χ1v) is 10.5. The number of benzene rings is 2. The van der Waals surface area contributed by atoms with Gasteiger partial charge in [-0.3, -0.25) is 14.4 Å². The van der Waals surface area contributed by atoms with Crippen LogP contribution in [0.4, 0.5) is 10.5 Å². The summed E-state index contributed by atoms with van der Waals surface area (Å²) < 4.78 is 7.40. The molecule has 156 valence electrons. The lowest BCUT2D eigenvalue weighted by atomic mass is 10.1. The number of para-hydroxylation sites is 1. The fraction of sp³-hybridized carbons (Fsp3) is 0.333. The minimum atomic E-state index is -0.155. The maximum absolute atomic E-state index is 12.7. The lowest BCUT2D eigenvalue weighted by Crippen LogP contribution is -2.33. The van der Waals surface area contributed by atoms with Crippen LogP contribution in [-0.2, 0) is 0 Å². The minimum absolute atomic E-state index is 0.155. The van der Waals surface area contributed by atoms with E-state index in [0.29, 0.717) is 6.61 Å². The maximum Gasteiger partial charge on any atom is 0.333 e. The molecular weight excluding hydrogens is 376 g/mol. The smallest absolute Gasteiger partial charge is 0.333 e. The van der Waals surface area contributed by atoms with Crippen molar-refractivity contribution < 1.29 is 9.53 Å². The van der Waals surface area contributed by atoms with Crippen molar-refractivity contribution in [3.05, 3.63) is 67.1 Å². The Morgan fingerprint density at radius 2 is 1.77 bits per heavy atom. The fourth-order valence-electron chi connectivity index (χ4n) is 3.71. The van der Waals surface area contributed by atoms with Gasteiger partial charge in [-0.1, -0.05) is 24.6 Å². The largest absolute Gasteiger partial charge is 0.492 e. The third kappa shape index (κ3) is 4.89. The molecule has 6 heteroatoms. The maximum atomic E-state index is 12.7. The molecule has 0 atom stereocenters. The topological polar surface area (TPSA) is 50.6 Å². The van der Waals surface area contributed by atoms with Crippen molar-refractivity contribution in [1.29, 1.82) is 0 Å². The molecule has 1 aliphatic rings. The van der Waals surface area contributed by atoms with Gasteiger partial charge in [-0.25, -0.2) is 9.78 Å². The van der Waals surface area contributed by atoms with Crippen molar-refractivity contribution in [3.63, 3.8) is 0 Å². The summed E-state index contributed by atoms with van der Waals surface area (Å²) in [5, 5.41) is 0. The van der Waals surface area contributed by atoms with E-state index in [0.717, 1.165) is 29.2 Å². The third-order valence-electron chi connectivity index (χ3n) is 5.51. The standard InChI is InChI=1S/C24H28N4O2/c1-26(21-8-4-2-5-9-21)24(29)28-18-23(25-19-28)20-10-12-22(13-11-20)30-17-16-27-14-6-3-7-15-27/h2,4-5,8-13,18-19H,3,6-7,14-17H2,1H3. The monoisotopic (exact) mass is 404 g/mol. The van der Waals surface area contributed by atoms with Crippen molar-refractivity contribution in [2.24, 2.45) is 0 Å². The van der Waals surface area contributed by atoms with Crippen LogP contribution in [0.3, 0.4) is 0 Å². The number of carbonyl (C=O) groups excluding carboxylic acids is 1. The second-order valence-electron chi connectivity index (χ2n) is 7.62. The molecule has 0 saturated carbocycles. The number of hydrogen-bond donors (Lipinski definition) is 0. The quantitative estimate of drug-likeness (QED) is 0.606. The van der Waals surface area contributed by atoms with Gasteiger partial charge >= 0.3 is 6.03 Å². The van der Waals surface area contributed by atoms with Gasteiger partial charge in [-0.05, 0) is 62.3 Å². The van der Waals surface area contributed by atoms with E-state index in [1.165, 1.54) is 36.9 Å². The normalized spacial score (nSPS) is 14.4. The molecule has 1 saturated heterocycles. The fourth-order valence-corrected chi connectivity index (χ4v) is 3.71. The Bertz CT molecular complexity index is 947. The summed E-state index contributed by atoms with van der Waals surface area (Å²) in [5.41, 5.74) is 2.54. The SMILES string of the molecule is CN(C(=O)n1cnc(-c2ccc(OCCN3CCCCC3)cc2)c1)c1ccccc1. The van der Waals surface area contributed by atoms with E-state index >= 15 is 0 Å². The average Bonchev–Trinajstić information content (AvgIpc) is 3.30. The Kier molecular flexibility index (Phi) is 6.44. The molecule has 0 aliphatic carbocycles. The van der Waals surface area contributed by atoms with Gasteiger partial charge in [-0.15, -0.1) is 0 Å². The molecule has 0 bridgehead atoms. The second-order valence-corrected chi connectivity index (χ2v) is 7.62. The van der Waals surface area contributed by atoms with Crippen LogP contribution in [0.5, 0.6) is 5.75 Å². The van der Waals surface area contributed by atoms with Gasteiger partial charge in [-0.2, -0.15) is 0 Å². The summed E-state index contributed by atoms with van der Waals surface area (Å²) in [7, 11) is 1.76. The molecule has 0 radical (unpaired) electrons. The van der Waals surface area contributed by atoms with E-state index < -0.39 is 0 Å². The molecule has 1 aromatic heterocycles. The number of likely N-dealkylation sites (tertiary alicyclic amines) is 1. The zero-order valence-corrected chi connectivity index (χ0v) is 17.4. The van der Waals surface area contributed by atoms with Crippen molar-refractivity contribution in [1.82, 2.24) is 14.5 Å². The summed E-state index contributed by atoms with van der Waals surface area (Å²) in [5.74, 6) is 0.857. The van der Waals surface area contributed by atoms with Gasteiger partial charge in [0.05, 0.1) is 5.69 Å². The number of rotatable bonds is 6. The summed E-state index contributed by atoms with van der Waals surface area (Å²) in [4.78, 5) is 21.2. The van der Waals surface area contributed by atoms with Gasteiger partial charge in [0.15, 0.2) is 0 Å². The highest BCUT2D eigenvalue weighted by molar-refractivity contribution is 5.93. The average molecular weight is 405 g/mol. The number of carbonyl (C=O) groups is 1. The Labute approximate surface area is 177 Å². The Hall–Kier alpha value is -3.12. The van der Waals surface area contributed by atoms with Crippen LogP contribution in [0.2, 0.25) is 0 Å². The van der Waals surface area contributed by atoms with Crippen LogP contribution < -0.4 is 9.64 Å². The van der Waals surface area contributed by atoms with Gasteiger partial charge in [0.2, 0.25) is 0 Å². The molecule has 1 fully saturated rings. The third-order valence-corrected chi connectivity index (χ3v) is 5.51. The molecule has 3 aromatic rings. The summed E-state index contributed by atoms with van der Waals surface area (Å²) in [6.07, 6.45) is 7.26. The predicted octanol–water partition coefficient (Wildman–Crippen LogP) is 4.52. The van der Waals surface area contributed by atoms with Gasteiger partial charge in [0.1, 0.15) is 18.7 Å². The lowest BCUT2D eigenvalue weighted by Gasteiger charge is -2.26. The molecule has 0 spiro atoms. The predicted molar refractivity (Wildman–Crippen MR) is 119 cm³/mol. The number of anilines is 1. The molecule has 2 heterocycles. The number of piperidine rings is 1. The zero-order chi connectivity index (χ0) is 20.8. The highest BCUT2D eigenvalue weighted by atomic mass is 16.5. The Morgan fingerprint density at radius 3 is 2.50 bits per heavy atom. The first-order valence-electron chi connectivity index (χ1n) is 10.5. The molecule has 2 aromatic carbocycles. The molecular formula is C24H28N4O2. The lowest BCUT2D eigenvalue weighted by molar-refractivity contribution is 0.183. The van der Waals surface area contributed by atoms with Crippen LogP contribution >= 0.6 is 0 Å². The highest BCUT2D eigenvalue weighted by Crippen LogP contribution is 2.22. The van der Waals surface area contributed by atoms with E-state index in [1.807, 2.05) is 54.6 Å². The molecule has 1 amide bonds. The van der Waals surface area contributed by atoms with Crippen molar-refractivity contribution in [2.75, 3.05) is 38.2 Å². The summed E-state index contributed by atoms with van der Waals surface area (Å²) in [6.45, 7) is 4.05. The molecule has 0 unspecified atom stereocenters. The Morgan fingerprint density at radius 1 is 1.03 bits per heavy atom. The van der Waals surface area contributed by atoms with Gasteiger partial charge in [0.25, 0.3) is 0 Å². The zero-order valence-electron chi connectivity index (χ0n) is 17.4. The van der Waals surface area contributed by atoms with Crippen molar-refractivity contribution in [3.8, 4) is 17.0 Å². The Balaban J connectivity index is 1.34. The van der Waals surface area contributed by atoms with Crippen LogP contribution in [-0.4, -0.2) is 53.8 Å². The summed E-state index contributed by atoms with van der Waals surface area (Å²) in [6, 6.07) is 17.3. The molecule has 4 rings (SSSR count). The van der Waals surface area contributed by atoms with Crippen molar-refractivity contribution in [2.45, 2.75) is 19.3 Å². The van der Waals surface area contributed by atoms with E-state index in [1.54, 1.807) is 24.5 Å². The van der Waals surface area contributed by atoms with E-state index in [4.69, 9.17) is 4.74 Å².